The molecule has 1 aromatic heterocycles. The van der Waals surface area contributed by atoms with Gasteiger partial charge in [0.05, 0.1) is 11.8 Å². The number of amides is 1. The molecule has 0 aliphatic carbocycles. The van der Waals surface area contributed by atoms with E-state index < -0.39 is 12.3 Å². The van der Waals surface area contributed by atoms with Gasteiger partial charge in [0.25, 0.3) is 12.3 Å². The third-order valence-corrected chi connectivity index (χ3v) is 2.70. The van der Waals surface area contributed by atoms with Gasteiger partial charge in [0.1, 0.15) is 17.2 Å². The number of benzene rings is 1. The number of alkyl halides is 2. The first kappa shape index (κ1) is 13.8. The lowest BCUT2D eigenvalue weighted by atomic mass is 10.2. The molecule has 0 unspecified atom stereocenters. The number of nitrogens with one attached hydrogen (secondary N) is 1. The van der Waals surface area contributed by atoms with E-state index in [0.717, 1.165) is 22.9 Å². The number of nitrogens with zero attached hydrogens (tertiary/aromatic N) is 2. The summed E-state index contributed by atoms with van der Waals surface area (Å²) in [4.78, 5) is 15.6. The van der Waals surface area contributed by atoms with Crippen molar-refractivity contribution in [3.8, 4) is 11.5 Å². The fourth-order valence-corrected chi connectivity index (χ4v) is 1.62. The number of hydrogen-bond donors (Lipinski definition) is 3. The molecular weight excluding hydrogens is 272 g/mol. The highest BCUT2D eigenvalue weighted by Gasteiger charge is 2.18. The van der Waals surface area contributed by atoms with Crippen molar-refractivity contribution in [1.29, 1.82) is 0 Å². The Hall–Kier alpha value is -2.64. The molecule has 0 saturated heterocycles. The summed E-state index contributed by atoms with van der Waals surface area (Å²) >= 11 is 0. The molecule has 2 aromatic rings. The summed E-state index contributed by atoms with van der Waals surface area (Å²) in [5.41, 5.74) is -0.535. The van der Waals surface area contributed by atoms with E-state index in [1.165, 1.54) is 13.1 Å². The minimum Gasteiger partial charge on any atom is -0.508 e. The van der Waals surface area contributed by atoms with E-state index in [-0.39, 0.29) is 28.7 Å². The van der Waals surface area contributed by atoms with Crippen LogP contribution in [0.1, 0.15) is 22.5 Å². The van der Waals surface area contributed by atoms with Crippen LogP contribution in [-0.4, -0.2) is 25.7 Å². The quantitative estimate of drug-likeness (QED) is 0.752. The van der Waals surface area contributed by atoms with Gasteiger partial charge in [-0.05, 0) is 18.2 Å². The Morgan fingerprint density at radius 1 is 1.40 bits per heavy atom. The summed E-state index contributed by atoms with van der Waals surface area (Å²) in [7, 11) is 1.33. The minimum absolute atomic E-state index is 0.0898. The molecule has 3 N–H and O–H groups in total. The van der Waals surface area contributed by atoms with Crippen molar-refractivity contribution in [2.75, 3.05) is 5.32 Å². The maximum atomic E-state index is 12.6. The molecule has 0 aliphatic heterocycles. The number of imidazole rings is 1. The van der Waals surface area contributed by atoms with Crippen LogP contribution in [0.2, 0.25) is 0 Å². The van der Waals surface area contributed by atoms with E-state index in [0.29, 0.717) is 0 Å². The van der Waals surface area contributed by atoms with E-state index in [1.54, 1.807) is 0 Å². The highest BCUT2D eigenvalue weighted by atomic mass is 19.3. The zero-order chi connectivity index (χ0) is 14.9. The second kappa shape index (κ2) is 5.16. The van der Waals surface area contributed by atoms with Crippen molar-refractivity contribution in [2.24, 2.45) is 7.05 Å². The Labute approximate surface area is 112 Å². The van der Waals surface area contributed by atoms with E-state index in [1.807, 2.05) is 0 Å². The van der Waals surface area contributed by atoms with Gasteiger partial charge in [0, 0.05) is 7.05 Å². The SMILES string of the molecule is Cn1c(C(F)F)cnc1NC(=O)c1cc(O)ccc1O. The van der Waals surface area contributed by atoms with Crippen LogP contribution >= 0.6 is 0 Å². The third-order valence-electron chi connectivity index (χ3n) is 2.70. The molecule has 8 heteroatoms. The lowest BCUT2D eigenvalue weighted by Crippen LogP contribution is -2.15. The number of carbonyl (C=O) groups is 1. The number of aromatic hydroxyl groups is 2. The Morgan fingerprint density at radius 3 is 2.70 bits per heavy atom. The van der Waals surface area contributed by atoms with Crippen LogP contribution in [-0.2, 0) is 7.05 Å². The summed E-state index contributed by atoms with van der Waals surface area (Å²) in [6.07, 6.45) is -1.77. The van der Waals surface area contributed by atoms with Gasteiger partial charge in [0.15, 0.2) is 0 Å². The minimum atomic E-state index is -2.72. The maximum absolute atomic E-state index is 12.6. The standard InChI is InChI=1S/C12H11F2N3O3/c1-17-8(10(13)14)5-15-12(17)16-11(20)7-4-6(18)2-3-9(7)19/h2-5,10,18-19H,1H3,(H,15,16,20). The number of aromatic nitrogens is 2. The first-order valence-corrected chi connectivity index (χ1v) is 5.53. The van der Waals surface area contributed by atoms with Gasteiger partial charge in [-0.25, -0.2) is 13.8 Å². The number of halogens is 2. The molecule has 0 radical (unpaired) electrons. The first-order valence-electron chi connectivity index (χ1n) is 5.53. The Morgan fingerprint density at radius 2 is 2.10 bits per heavy atom. The predicted octanol–water partition coefficient (Wildman–Crippen LogP) is 2.02. The number of carbonyl (C=O) groups excluding carboxylic acids is 1. The summed E-state index contributed by atoms with van der Waals surface area (Å²) in [6, 6.07) is 3.41. The number of rotatable bonds is 3. The molecule has 20 heavy (non-hydrogen) atoms. The molecule has 0 bridgehead atoms. The summed E-state index contributed by atoms with van der Waals surface area (Å²) in [6.45, 7) is 0. The molecule has 1 amide bonds. The molecule has 2 rings (SSSR count). The summed E-state index contributed by atoms with van der Waals surface area (Å²) < 4.78 is 26.2. The van der Waals surface area contributed by atoms with Crippen molar-refractivity contribution in [1.82, 2.24) is 9.55 Å². The molecule has 1 aromatic carbocycles. The van der Waals surface area contributed by atoms with Gasteiger partial charge < -0.3 is 14.8 Å². The van der Waals surface area contributed by atoms with Crippen LogP contribution in [0.5, 0.6) is 11.5 Å². The smallest absolute Gasteiger partial charge is 0.280 e. The van der Waals surface area contributed by atoms with Crippen LogP contribution in [0.15, 0.2) is 24.4 Å². The normalized spacial score (nSPS) is 10.8. The average Bonchev–Trinajstić information content (AvgIpc) is 2.74. The van der Waals surface area contributed by atoms with Gasteiger partial charge in [-0.15, -0.1) is 0 Å². The van der Waals surface area contributed by atoms with Gasteiger partial charge in [0.2, 0.25) is 5.95 Å². The Kier molecular flexibility index (Phi) is 3.55. The van der Waals surface area contributed by atoms with Crippen molar-refractivity contribution in [3.63, 3.8) is 0 Å². The first-order chi connectivity index (χ1) is 9.40. The Bertz CT molecular complexity index is 655. The molecule has 0 spiro atoms. The number of anilines is 1. The van der Waals surface area contributed by atoms with Crippen molar-refractivity contribution < 1.29 is 23.8 Å². The van der Waals surface area contributed by atoms with E-state index in [4.69, 9.17) is 0 Å². The van der Waals surface area contributed by atoms with Gasteiger partial charge >= 0.3 is 0 Å². The Balaban J connectivity index is 2.26. The fraction of sp³-hybridized carbons (Fsp3) is 0.167. The zero-order valence-electron chi connectivity index (χ0n) is 10.3. The highest BCUT2D eigenvalue weighted by molar-refractivity contribution is 6.05. The molecule has 106 valence electrons. The lowest BCUT2D eigenvalue weighted by Gasteiger charge is -2.08. The average molecular weight is 283 g/mol. The lowest BCUT2D eigenvalue weighted by molar-refractivity contribution is 0.102. The molecule has 0 saturated carbocycles. The molecule has 0 fully saturated rings. The largest absolute Gasteiger partial charge is 0.508 e. The summed E-state index contributed by atoms with van der Waals surface area (Å²) in [5.74, 6) is -1.41. The van der Waals surface area contributed by atoms with Crippen LogP contribution in [0.3, 0.4) is 0 Å². The van der Waals surface area contributed by atoms with Crippen molar-refractivity contribution in [2.45, 2.75) is 6.43 Å². The molecule has 0 atom stereocenters. The van der Waals surface area contributed by atoms with E-state index >= 15 is 0 Å². The number of hydrogen-bond acceptors (Lipinski definition) is 4. The van der Waals surface area contributed by atoms with Crippen LogP contribution in [0.4, 0.5) is 14.7 Å². The second-order valence-corrected chi connectivity index (χ2v) is 4.02. The van der Waals surface area contributed by atoms with Crippen molar-refractivity contribution >= 4 is 11.9 Å². The monoisotopic (exact) mass is 283 g/mol. The van der Waals surface area contributed by atoms with Crippen LogP contribution in [0, 0.1) is 0 Å². The van der Waals surface area contributed by atoms with Gasteiger partial charge in [-0.3, -0.25) is 10.1 Å². The second-order valence-electron chi connectivity index (χ2n) is 4.02. The molecule has 0 aliphatic rings. The van der Waals surface area contributed by atoms with Crippen LogP contribution in [0.25, 0.3) is 0 Å². The molecule has 6 nitrogen and oxygen atoms in total. The fourth-order valence-electron chi connectivity index (χ4n) is 1.62. The van der Waals surface area contributed by atoms with E-state index in [2.05, 4.69) is 10.3 Å². The van der Waals surface area contributed by atoms with E-state index in [9.17, 15) is 23.8 Å². The van der Waals surface area contributed by atoms with Gasteiger partial charge in [-0.1, -0.05) is 0 Å². The molecular formula is C12H11F2N3O3. The third kappa shape index (κ3) is 2.53. The summed E-state index contributed by atoms with van der Waals surface area (Å²) in [5, 5.41) is 21.1. The number of phenolic OH excluding ortho intramolecular Hbond substituents is 2. The maximum Gasteiger partial charge on any atom is 0.280 e. The van der Waals surface area contributed by atoms with Crippen molar-refractivity contribution in [3.05, 3.63) is 35.7 Å². The highest BCUT2D eigenvalue weighted by Crippen LogP contribution is 2.24. The number of phenols is 2. The molecule has 1 heterocycles. The topological polar surface area (TPSA) is 87.4 Å². The van der Waals surface area contributed by atoms with Crippen LogP contribution < -0.4 is 5.32 Å². The predicted molar refractivity (Wildman–Crippen MR) is 65.9 cm³/mol. The van der Waals surface area contributed by atoms with Gasteiger partial charge in [-0.2, -0.15) is 0 Å². The zero-order valence-corrected chi connectivity index (χ0v) is 10.3.